The molecule has 0 unspecified atom stereocenters. The number of rotatable bonds is 7. The maximum Gasteiger partial charge on any atom is 0.417 e. The number of aromatic amines is 1. The minimum atomic E-state index is -4.49. The Bertz CT molecular complexity index is 949. The molecule has 3 N–H and O–H groups in total. The summed E-state index contributed by atoms with van der Waals surface area (Å²) in [5.41, 5.74) is 5.83. The number of pyridine rings is 1. The van der Waals surface area contributed by atoms with Crippen LogP contribution in [0.25, 0.3) is 5.57 Å². The first kappa shape index (κ1) is 21.8. The molecule has 2 rings (SSSR count). The van der Waals surface area contributed by atoms with Crippen LogP contribution in [0.15, 0.2) is 46.1 Å². The molecule has 1 heterocycles. The van der Waals surface area contributed by atoms with Crippen molar-refractivity contribution in [2.24, 2.45) is 5.73 Å². The number of carbonyl (C=O) groups excluding carboxylic acids is 1. The Balaban J connectivity index is 2.55. The molecule has 150 valence electrons. The van der Waals surface area contributed by atoms with Gasteiger partial charge >= 0.3 is 6.18 Å². The molecule has 0 saturated heterocycles. The minimum Gasteiger partial charge on any atom is -0.370 e. The number of hydrogen-bond acceptors (Lipinski definition) is 3. The molecule has 0 aliphatic rings. The lowest BCUT2D eigenvalue weighted by molar-refractivity contribution is -0.139. The molecule has 2 aromatic rings. The van der Waals surface area contributed by atoms with E-state index in [2.05, 4.69) is 4.98 Å². The summed E-state index contributed by atoms with van der Waals surface area (Å²) in [6, 6.07) is 7.38. The van der Waals surface area contributed by atoms with E-state index in [1.165, 1.54) is 6.07 Å². The van der Waals surface area contributed by atoms with Gasteiger partial charge in [0.15, 0.2) is 0 Å². The first-order valence-corrected chi connectivity index (χ1v) is 9.80. The fourth-order valence-corrected chi connectivity index (χ4v) is 3.31. The molecule has 0 radical (unpaired) electrons. The number of amides is 1. The van der Waals surface area contributed by atoms with E-state index in [0.29, 0.717) is 35.2 Å². The highest BCUT2D eigenvalue weighted by Gasteiger charge is 2.33. The maximum absolute atomic E-state index is 13.5. The zero-order valence-electron chi connectivity index (χ0n) is 15.5. The van der Waals surface area contributed by atoms with Crippen molar-refractivity contribution in [1.82, 2.24) is 4.98 Å². The highest BCUT2D eigenvalue weighted by Crippen LogP contribution is 2.38. The summed E-state index contributed by atoms with van der Waals surface area (Å²) in [6.07, 6.45) is -0.122. The molecule has 1 amide bonds. The first-order valence-electron chi connectivity index (χ1n) is 8.58. The van der Waals surface area contributed by atoms with Crippen molar-refractivity contribution in [2.45, 2.75) is 37.3 Å². The lowest BCUT2D eigenvalue weighted by Crippen LogP contribution is -2.12. The van der Waals surface area contributed by atoms with Gasteiger partial charge < -0.3 is 10.7 Å². The monoisotopic (exact) mass is 410 g/mol. The lowest BCUT2D eigenvalue weighted by atomic mass is 9.97. The minimum absolute atomic E-state index is 0.127. The van der Waals surface area contributed by atoms with Gasteiger partial charge in [0.05, 0.1) is 5.56 Å². The van der Waals surface area contributed by atoms with Crippen LogP contribution in [-0.2, 0) is 11.0 Å². The van der Waals surface area contributed by atoms with Crippen molar-refractivity contribution in [3.63, 3.8) is 0 Å². The van der Waals surface area contributed by atoms with E-state index in [0.717, 1.165) is 17.8 Å². The Morgan fingerprint density at radius 1 is 1.25 bits per heavy atom. The molecule has 0 spiro atoms. The molecule has 0 saturated carbocycles. The van der Waals surface area contributed by atoms with Crippen LogP contribution in [0, 0.1) is 6.92 Å². The Hall–Kier alpha value is -2.48. The van der Waals surface area contributed by atoms with Crippen molar-refractivity contribution in [3.05, 3.63) is 69.1 Å². The number of alkyl halides is 3. The van der Waals surface area contributed by atoms with Gasteiger partial charge in [-0.25, -0.2) is 0 Å². The molecule has 28 heavy (non-hydrogen) atoms. The molecule has 0 bridgehead atoms. The van der Waals surface area contributed by atoms with Gasteiger partial charge in [0, 0.05) is 28.1 Å². The second-order valence-corrected chi connectivity index (χ2v) is 7.12. The van der Waals surface area contributed by atoms with Gasteiger partial charge in [-0.05, 0) is 49.8 Å². The van der Waals surface area contributed by atoms with Crippen molar-refractivity contribution in [1.29, 1.82) is 0 Å². The Kier molecular flexibility index (Phi) is 7.12. The van der Waals surface area contributed by atoms with E-state index >= 15 is 0 Å². The number of carbonyl (C=O) groups is 1. The number of halogens is 3. The van der Waals surface area contributed by atoms with Gasteiger partial charge in [-0.15, -0.1) is 11.8 Å². The van der Waals surface area contributed by atoms with Gasteiger partial charge in [-0.1, -0.05) is 18.2 Å². The van der Waals surface area contributed by atoms with Gasteiger partial charge in [0.2, 0.25) is 5.91 Å². The first-order chi connectivity index (χ1) is 13.1. The van der Waals surface area contributed by atoms with E-state index in [1.54, 1.807) is 37.5 Å². The number of nitrogens with two attached hydrogens (primary N) is 1. The molecular weight excluding hydrogens is 389 g/mol. The number of primary amides is 1. The molecular formula is C20H21F3N2O2S. The van der Waals surface area contributed by atoms with Crippen molar-refractivity contribution >= 4 is 23.2 Å². The number of thioether (sulfide) groups is 1. The molecule has 0 fully saturated rings. The number of aryl methyl sites for hydroxylation is 1. The van der Waals surface area contributed by atoms with E-state index in [9.17, 15) is 22.8 Å². The third-order valence-electron chi connectivity index (χ3n) is 4.19. The third kappa shape index (κ3) is 5.51. The summed E-state index contributed by atoms with van der Waals surface area (Å²) in [5, 5.41) is 0. The van der Waals surface area contributed by atoms with Gasteiger partial charge in [0.1, 0.15) is 0 Å². The molecule has 8 heteroatoms. The van der Waals surface area contributed by atoms with Crippen LogP contribution in [0.3, 0.4) is 0 Å². The fraction of sp³-hybridized carbons (Fsp3) is 0.300. The number of aromatic nitrogens is 1. The Labute approximate surface area is 165 Å². The summed E-state index contributed by atoms with van der Waals surface area (Å²) in [7, 11) is 0. The average Bonchev–Trinajstić information content (AvgIpc) is 2.63. The van der Waals surface area contributed by atoms with Crippen LogP contribution in [0.2, 0.25) is 0 Å². The molecule has 0 aliphatic heterocycles. The number of allylic oxidation sites excluding steroid dienone is 1. The number of unbranched alkanes of at least 4 members (excludes halogenated alkanes) is 1. The topological polar surface area (TPSA) is 76.0 Å². The average molecular weight is 410 g/mol. The zero-order chi connectivity index (χ0) is 20.9. The second kappa shape index (κ2) is 9.14. The quantitative estimate of drug-likeness (QED) is 0.521. The van der Waals surface area contributed by atoms with Gasteiger partial charge in [-0.2, -0.15) is 13.2 Å². The van der Waals surface area contributed by atoms with Crippen LogP contribution in [-0.4, -0.2) is 17.1 Å². The second-order valence-electron chi connectivity index (χ2n) is 6.27. The summed E-state index contributed by atoms with van der Waals surface area (Å²) >= 11 is 1.02. The summed E-state index contributed by atoms with van der Waals surface area (Å²) in [4.78, 5) is 25.7. The third-order valence-corrected chi connectivity index (χ3v) is 4.98. The SMILES string of the molecule is CSc1ccc(/C(=C\CCCC(N)=O)c2ccc(C)c(=O)[nH]2)cc1C(F)(F)F. The molecule has 1 aromatic carbocycles. The predicted molar refractivity (Wildman–Crippen MR) is 105 cm³/mol. The van der Waals surface area contributed by atoms with E-state index < -0.39 is 17.6 Å². The van der Waals surface area contributed by atoms with Crippen molar-refractivity contribution < 1.29 is 18.0 Å². The van der Waals surface area contributed by atoms with E-state index in [-0.39, 0.29) is 16.9 Å². The Morgan fingerprint density at radius 2 is 1.96 bits per heavy atom. The smallest absolute Gasteiger partial charge is 0.370 e. The molecule has 4 nitrogen and oxygen atoms in total. The molecule has 0 atom stereocenters. The maximum atomic E-state index is 13.5. The van der Waals surface area contributed by atoms with Crippen molar-refractivity contribution in [2.75, 3.05) is 6.26 Å². The normalized spacial score (nSPS) is 12.2. The van der Waals surface area contributed by atoms with E-state index in [4.69, 9.17) is 5.73 Å². The van der Waals surface area contributed by atoms with Crippen molar-refractivity contribution in [3.8, 4) is 0 Å². The molecule has 1 aromatic heterocycles. The van der Waals surface area contributed by atoms with Crippen LogP contribution in [0.4, 0.5) is 13.2 Å². The highest BCUT2D eigenvalue weighted by atomic mass is 32.2. The summed E-state index contributed by atoms with van der Waals surface area (Å²) in [5.74, 6) is -0.442. The van der Waals surface area contributed by atoms with Crippen LogP contribution >= 0.6 is 11.8 Å². The van der Waals surface area contributed by atoms with Gasteiger partial charge in [-0.3, -0.25) is 9.59 Å². The number of benzene rings is 1. The highest BCUT2D eigenvalue weighted by molar-refractivity contribution is 7.98. The van der Waals surface area contributed by atoms with Crippen LogP contribution in [0.1, 0.15) is 41.6 Å². The number of H-pyrrole nitrogens is 1. The molecule has 0 aliphatic carbocycles. The van der Waals surface area contributed by atoms with Crippen LogP contribution < -0.4 is 11.3 Å². The zero-order valence-corrected chi connectivity index (χ0v) is 16.3. The van der Waals surface area contributed by atoms with Gasteiger partial charge in [0.25, 0.3) is 5.56 Å². The Morgan fingerprint density at radius 3 is 2.54 bits per heavy atom. The lowest BCUT2D eigenvalue weighted by Gasteiger charge is -2.15. The summed E-state index contributed by atoms with van der Waals surface area (Å²) < 4.78 is 40.4. The predicted octanol–water partition coefficient (Wildman–Crippen LogP) is 4.51. The number of hydrogen-bond donors (Lipinski definition) is 2. The fourth-order valence-electron chi connectivity index (χ4n) is 2.71. The standard InChI is InChI=1S/C20H21F3N2O2S/c1-12-7-9-16(25-19(12)27)14(5-3-4-6-18(24)26)13-8-10-17(28-2)15(11-13)20(21,22)23/h5,7-11H,3-4,6H2,1-2H3,(H2,24,26)(H,25,27)/b14-5+. The summed E-state index contributed by atoms with van der Waals surface area (Å²) in [6.45, 7) is 1.65. The van der Waals surface area contributed by atoms with E-state index in [1.807, 2.05) is 0 Å². The number of nitrogens with one attached hydrogen (secondary N) is 1. The van der Waals surface area contributed by atoms with Crippen LogP contribution in [0.5, 0.6) is 0 Å². The largest absolute Gasteiger partial charge is 0.417 e.